The largest absolute Gasteiger partial charge is 0.172 e. The van der Waals surface area contributed by atoms with E-state index in [0.29, 0.717) is 11.2 Å². The molecule has 0 nitrogen and oxygen atoms in total. The van der Waals surface area contributed by atoms with Crippen LogP contribution in [0.1, 0.15) is 41.0 Å². The first kappa shape index (κ1) is 13.8. The zero-order valence-electron chi connectivity index (χ0n) is 10.1. The number of hydrogen-bond donors (Lipinski definition) is 1. The summed E-state index contributed by atoms with van der Waals surface area (Å²) >= 11 is 4.35. The third kappa shape index (κ3) is 6.31. The highest BCUT2D eigenvalue weighted by Gasteiger charge is 2.13. The highest BCUT2D eigenvalue weighted by atomic mass is 32.1. The second-order valence-electron chi connectivity index (χ2n) is 4.56. The minimum absolute atomic E-state index is 0.196. The molecule has 0 heterocycles. The molecule has 82 valence electrons. The van der Waals surface area contributed by atoms with Crippen LogP contribution in [-0.2, 0) is 0 Å². The SMILES string of the molecule is CCC(C)(/C=C\C(C)C)/C=C\C(C)S. The highest BCUT2D eigenvalue weighted by molar-refractivity contribution is 7.81. The van der Waals surface area contributed by atoms with Gasteiger partial charge in [-0.25, -0.2) is 0 Å². The van der Waals surface area contributed by atoms with Gasteiger partial charge in [0, 0.05) is 10.7 Å². The summed E-state index contributed by atoms with van der Waals surface area (Å²) in [5, 5.41) is 0.341. The molecule has 0 saturated carbocycles. The Labute approximate surface area is 94.9 Å². The van der Waals surface area contributed by atoms with E-state index in [-0.39, 0.29) is 5.41 Å². The highest BCUT2D eigenvalue weighted by Crippen LogP contribution is 2.26. The monoisotopic (exact) mass is 212 g/mol. The van der Waals surface area contributed by atoms with Gasteiger partial charge in [0.15, 0.2) is 0 Å². The van der Waals surface area contributed by atoms with Gasteiger partial charge in [0.1, 0.15) is 0 Å². The summed E-state index contributed by atoms with van der Waals surface area (Å²) in [7, 11) is 0. The van der Waals surface area contributed by atoms with Gasteiger partial charge in [-0.3, -0.25) is 0 Å². The molecule has 0 aliphatic rings. The van der Waals surface area contributed by atoms with Gasteiger partial charge in [0.25, 0.3) is 0 Å². The molecule has 2 unspecified atom stereocenters. The average molecular weight is 212 g/mol. The molecule has 0 aromatic heterocycles. The van der Waals surface area contributed by atoms with E-state index in [1.807, 2.05) is 0 Å². The smallest absolute Gasteiger partial charge is 0.0168 e. The summed E-state index contributed by atoms with van der Waals surface area (Å²) in [6.45, 7) is 11.0. The lowest BCUT2D eigenvalue weighted by Crippen LogP contribution is -2.08. The predicted octanol–water partition coefficient (Wildman–Crippen LogP) is 4.49. The minimum atomic E-state index is 0.196. The van der Waals surface area contributed by atoms with E-state index in [9.17, 15) is 0 Å². The molecular weight excluding hydrogens is 188 g/mol. The Morgan fingerprint density at radius 2 is 1.64 bits per heavy atom. The molecule has 0 bridgehead atoms. The Morgan fingerprint density at radius 3 is 2.00 bits per heavy atom. The number of rotatable bonds is 5. The molecule has 0 aromatic carbocycles. The van der Waals surface area contributed by atoms with Crippen molar-refractivity contribution in [1.29, 1.82) is 0 Å². The van der Waals surface area contributed by atoms with Crippen molar-refractivity contribution in [3.05, 3.63) is 24.3 Å². The van der Waals surface area contributed by atoms with E-state index in [2.05, 4.69) is 71.6 Å². The molecule has 0 spiro atoms. The average Bonchev–Trinajstić information content (AvgIpc) is 2.11. The second kappa shape index (κ2) is 6.34. The van der Waals surface area contributed by atoms with Crippen molar-refractivity contribution in [2.24, 2.45) is 11.3 Å². The van der Waals surface area contributed by atoms with Crippen LogP contribution < -0.4 is 0 Å². The fourth-order valence-electron chi connectivity index (χ4n) is 1.06. The first-order valence-electron chi connectivity index (χ1n) is 5.46. The Balaban J connectivity index is 4.47. The standard InChI is InChI=1S/C13H24S/c1-6-13(5,9-7-11(2)3)10-8-12(4)14/h7-12,14H,6H2,1-5H3/b9-7-,10-8-. The molecule has 0 amide bonds. The Kier molecular flexibility index (Phi) is 6.26. The van der Waals surface area contributed by atoms with Crippen LogP contribution in [0, 0.1) is 11.3 Å². The lowest BCUT2D eigenvalue weighted by molar-refractivity contribution is 0.524. The third-order valence-corrected chi connectivity index (χ3v) is 2.55. The van der Waals surface area contributed by atoms with Gasteiger partial charge < -0.3 is 0 Å². The lowest BCUT2D eigenvalue weighted by atomic mass is 9.85. The van der Waals surface area contributed by atoms with E-state index in [0.717, 1.165) is 6.42 Å². The first-order chi connectivity index (χ1) is 6.39. The fourth-order valence-corrected chi connectivity index (χ4v) is 1.15. The van der Waals surface area contributed by atoms with Gasteiger partial charge in [-0.2, -0.15) is 12.6 Å². The summed E-state index contributed by atoms with van der Waals surface area (Å²) in [5.74, 6) is 0.628. The fraction of sp³-hybridized carbons (Fsp3) is 0.692. The number of allylic oxidation sites excluding steroid dienone is 3. The van der Waals surface area contributed by atoms with Crippen molar-refractivity contribution in [2.75, 3.05) is 0 Å². The maximum Gasteiger partial charge on any atom is 0.0168 e. The molecule has 0 aromatic rings. The van der Waals surface area contributed by atoms with Crippen LogP contribution in [0.5, 0.6) is 0 Å². The van der Waals surface area contributed by atoms with Gasteiger partial charge >= 0.3 is 0 Å². The molecular formula is C13H24S. The maximum atomic E-state index is 4.35. The van der Waals surface area contributed by atoms with Crippen LogP contribution in [0.3, 0.4) is 0 Å². The normalized spacial score (nSPS) is 19.4. The van der Waals surface area contributed by atoms with Gasteiger partial charge in [-0.1, -0.05) is 58.9 Å². The van der Waals surface area contributed by atoms with Crippen LogP contribution >= 0.6 is 12.6 Å². The zero-order valence-corrected chi connectivity index (χ0v) is 11.0. The van der Waals surface area contributed by atoms with Crippen molar-refractivity contribution in [3.8, 4) is 0 Å². The minimum Gasteiger partial charge on any atom is -0.172 e. The van der Waals surface area contributed by atoms with Crippen molar-refractivity contribution < 1.29 is 0 Å². The summed E-state index contributed by atoms with van der Waals surface area (Å²) in [4.78, 5) is 0. The first-order valence-corrected chi connectivity index (χ1v) is 5.98. The molecule has 0 rings (SSSR count). The molecule has 0 aliphatic carbocycles. The maximum absolute atomic E-state index is 4.35. The summed E-state index contributed by atoms with van der Waals surface area (Å²) < 4.78 is 0. The van der Waals surface area contributed by atoms with E-state index in [1.165, 1.54) is 0 Å². The zero-order chi connectivity index (χ0) is 11.2. The van der Waals surface area contributed by atoms with Crippen LogP contribution in [0.15, 0.2) is 24.3 Å². The summed E-state index contributed by atoms with van der Waals surface area (Å²) in [6.07, 6.45) is 10.1. The molecule has 0 saturated heterocycles. The Morgan fingerprint density at radius 1 is 1.14 bits per heavy atom. The van der Waals surface area contributed by atoms with Gasteiger partial charge in [-0.05, 0) is 12.3 Å². The molecule has 1 heteroatoms. The molecule has 0 aliphatic heterocycles. The van der Waals surface area contributed by atoms with Gasteiger partial charge in [0.05, 0.1) is 0 Å². The Hall–Kier alpha value is -0.170. The summed E-state index contributed by atoms with van der Waals surface area (Å²) in [6, 6.07) is 0. The van der Waals surface area contributed by atoms with Crippen LogP contribution in [0.2, 0.25) is 0 Å². The van der Waals surface area contributed by atoms with Gasteiger partial charge in [-0.15, -0.1) is 0 Å². The molecule has 2 atom stereocenters. The molecule has 14 heavy (non-hydrogen) atoms. The number of thiol groups is 1. The topological polar surface area (TPSA) is 0 Å². The van der Waals surface area contributed by atoms with Crippen LogP contribution in [0.25, 0.3) is 0 Å². The van der Waals surface area contributed by atoms with Crippen molar-refractivity contribution in [3.63, 3.8) is 0 Å². The molecule has 0 N–H and O–H groups in total. The third-order valence-electron chi connectivity index (χ3n) is 2.38. The molecule has 0 radical (unpaired) electrons. The van der Waals surface area contributed by atoms with Gasteiger partial charge in [0.2, 0.25) is 0 Å². The Bertz CT molecular complexity index is 181. The van der Waals surface area contributed by atoms with E-state index in [4.69, 9.17) is 0 Å². The van der Waals surface area contributed by atoms with E-state index < -0.39 is 0 Å². The predicted molar refractivity (Wildman–Crippen MR) is 70.0 cm³/mol. The lowest BCUT2D eigenvalue weighted by Gasteiger charge is -2.20. The quantitative estimate of drug-likeness (QED) is 0.504. The van der Waals surface area contributed by atoms with Crippen molar-refractivity contribution in [1.82, 2.24) is 0 Å². The van der Waals surface area contributed by atoms with Crippen molar-refractivity contribution in [2.45, 2.75) is 46.3 Å². The van der Waals surface area contributed by atoms with Crippen LogP contribution in [-0.4, -0.2) is 5.25 Å². The van der Waals surface area contributed by atoms with Crippen LogP contribution in [0.4, 0.5) is 0 Å². The van der Waals surface area contributed by atoms with E-state index in [1.54, 1.807) is 0 Å². The van der Waals surface area contributed by atoms with Crippen molar-refractivity contribution >= 4 is 12.6 Å². The summed E-state index contributed by atoms with van der Waals surface area (Å²) in [5.41, 5.74) is 0.196. The number of hydrogen-bond acceptors (Lipinski definition) is 1. The molecule has 0 fully saturated rings. The second-order valence-corrected chi connectivity index (χ2v) is 5.38. The van der Waals surface area contributed by atoms with E-state index >= 15 is 0 Å².